The normalized spacial score (nSPS) is 14.8. The molecule has 7 atom stereocenters. The molecule has 0 saturated heterocycles. The standard InChI is InChI=1S/C74H144O17P2/c1-9-66(7)52-44-36-28-21-18-19-23-31-40-48-56-73(78)90-69(60-84-71(76)54-46-38-29-22-17-15-13-11-12-14-16-20-26-34-42-50-64(3)4)62-88-92(80,81)86-58-68(75)59-87-93(82,83)89-63-70(91-74(79)57-49-41-33-32-37-45-53-67(8)10-2)61-85-72(77)55-47-39-30-25-24-27-35-43-51-65(5)6/h64-70,75H,9-63H2,1-8H3,(H,80,81)(H,82,83)/t66?,67?,68?,69-,70-/m1/s1. The smallest absolute Gasteiger partial charge is 0.462 e. The first-order valence-corrected chi connectivity index (χ1v) is 41.3. The molecule has 0 amide bonds. The fourth-order valence-corrected chi connectivity index (χ4v) is 12.7. The molecule has 0 bridgehead atoms. The van der Waals surface area contributed by atoms with Crippen LogP contribution >= 0.6 is 15.6 Å². The van der Waals surface area contributed by atoms with Gasteiger partial charge in [0.15, 0.2) is 12.2 Å². The van der Waals surface area contributed by atoms with E-state index in [1.807, 2.05) is 0 Å². The van der Waals surface area contributed by atoms with Gasteiger partial charge in [-0.05, 0) is 49.4 Å². The van der Waals surface area contributed by atoms with Gasteiger partial charge in [-0.15, -0.1) is 0 Å². The van der Waals surface area contributed by atoms with E-state index in [1.165, 1.54) is 173 Å². The van der Waals surface area contributed by atoms with Crippen LogP contribution in [-0.4, -0.2) is 96.7 Å². The van der Waals surface area contributed by atoms with Gasteiger partial charge in [-0.1, -0.05) is 319 Å². The number of carbonyl (C=O) groups is 4. The molecule has 0 fully saturated rings. The van der Waals surface area contributed by atoms with Crippen LogP contribution in [0.3, 0.4) is 0 Å². The predicted octanol–water partition coefficient (Wildman–Crippen LogP) is 21.3. The lowest BCUT2D eigenvalue weighted by molar-refractivity contribution is -0.161. The Bertz CT molecular complexity index is 1840. The maximum atomic E-state index is 13.1. The van der Waals surface area contributed by atoms with Gasteiger partial charge in [-0.3, -0.25) is 37.3 Å². The zero-order valence-electron chi connectivity index (χ0n) is 60.9. The lowest BCUT2D eigenvalue weighted by atomic mass is 9.99. The number of esters is 4. The van der Waals surface area contributed by atoms with E-state index >= 15 is 0 Å². The van der Waals surface area contributed by atoms with Crippen LogP contribution in [0.1, 0.15) is 370 Å². The van der Waals surface area contributed by atoms with Crippen molar-refractivity contribution >= 4 is 39.5 Å². The van der Waals surface area contributed by atoms with Crippen LogP contribution in [0.5, 0.6) is 0 Å². The topological polar surface area (TPSA) is 237 Å². The molecule has 0 aromatic rings. The van der Waals surface area contributed by atoms with Gasteiger partial charge in [0, 0.05) is 25.7 Å². The first-order chi connectivity index (χ1) is 44.7. The van der Waals surface area contributed by atoms with E-state index in [0.29, 0.717) is 25.7 Å². The SMILES string of the molecule is CCC(C)CCCCCCCCCCCCC(=O)O[C@H](COC(=O)CCCCCCCCCCCCCCCCCC(C)C)COP(=O)(O)OCC(O)COP(=O)(O)OC[C@@H](COC(=O)CCCCCCCCCCC(C)C)OC(=O)CCCCCCCCC(C)CC. The average Bonchev–Trinajstić information content (AvgIpc) is 3.74. The molecule has 5 unspecified atom stereocenters. The molecule has 0 aliphatic heterocycles. The van der Waals surface area contributed by atoms with E-state index in [4.69, 9.17) is 37.0 Å². The fraction of sp³-hybridized carbons (Fsp3) is 0.946. The van der Waals surface area contributed by atoms with Crippen molar-refractivity contribution in [3.63, 3.8) is 0 Å². The molecule has 0 heterocycles. The molecule has 17 nitrogen and oxygen atoms in total. The maximum absolute atomic E-state index is 13.1. The number of unbranched alkanes of at least 4 members (excludes halogenated alkanes) is 35. The third-order valence-electron chi connectivity index (χ3n) is 17.8. The molecule has 552 valence electrons. The van der Waals surface area contributed by atoms with Gasteiger partial charge in [0.2, 0.25) is 0 Å². The number of hydrogen-bond donors (Lipinski definition) is 3. The Labute approximate surface area is 568 Å². The van der Waals surface area contributed by atoms with Crippen LogP contribution in [0, 0.1) is 23.7 Å². The first kappa shape index (κ1) is 91.1. The molecule has 19 heteroatoms. The number of phosphoric acid groups is 2. The molecule has 0 radical (unpaired) electrons. The quantitative estimate of drug-likeness (QED) is 0.0222. The molecule has 3 N–H and O–H groups in total. The highest BCUT2D eigenvalue weighted by molar-refractivity contribution is 7.47. The van der Waals surface area contributed by atoms with Crippen molar-refractivity contribution in [2.24, 2.45) is 23.7 Å². The summed E-state index contributed by atoms with van der Waals surface area (Å²) in [5.74, 6) is 0.929. The number of carbonyl (C=O) groups excluding carboxylic acids is 4. The second-order valence-electron chi connectivity index (χ2n) is 28.1. The highest BCUT2D eigenvalue weighted by Crippen LogP contribution is 2.45. The maximum Gasteiger partial charge on any atom is 0.472 e. The summed E-state index contributed by atoms with van der Waals surface area (Å²) >= 11 is 0. The molecule has 0 rings (SSSR count). The Morgan fingerprint density at radius 3 is 0.763 bits per heavy atom. The lowest BCUT2D eigenvalue weighted by Crippen LogP contribution is -2.30. The van der Waals surface area contributed by atoms with Gasteiger partial charge < -0.3 is 33.8 Å². The molecule has 0 saturated carbocycles. The summed E-state index contributed by atoms with van der Waals surface area (Å²) < 4.78 is 68.4. The van der Waals surface area contributed by atoms with Crippen molar-refractivity contribution in [3.05, 3.63) is 0 Å². The number of hydrogen-bond acceptors (Lipinski definition) is 15. The molecule has 0 aromatic carbocycles. The van der Waals surface area contributed by atoms with Crippen LogP contribution in [0.15, 0.2) is 0 Å². The Hall–Kier alpha value is -1.94. The molecule has 0 aromatic heterocycles. The third kappa shape index (κ3) is 65.8. The van der Waals surface area contributed by atoms with E-state index in [2.05, 4.69) is 55.4 Å². The zero-order valence-corrected chi connectivity index (χ0v) is 62.7. The zero-order chi connectivity index (χ0) is 68.9. The summed E-state index contributed by atoms with van der Waals surface area (Å²) in [7, 11) is -9.91. The molecule has 0 aliphatic rings. The number of aliphatic hydroxyl groups excluding tert-OH is 1. The Morgan fingerprint density at radius 1 is 0.301 bits per heavy atom. The molecule has 93 heavy (non-hydrogen) atoms. The van der Waals surface area contributed by atoms with Gasteiger partial charge in [0.05, 0.1) is 26.4 Å². The van der Waals surface area contributed by atoms with Crippen LogP contribution < -0.4 is 0 Å². The fourth-order valence-electron chi connectivity index (χ4n) is 11.1. The van der Waals surface area contributed by atoms with Crippen molar-refractivity contribution in [1.29, 1.82) is 0 Å². The van der Waals surface area contributed by atoms with Crippen LogP contribution in [0.4, 0.5) is 0 Å². The highest BCUT2D eigenvalue weighted by atomic mass is 31.2. The van der Waals surface area contributed by atoms with Gasteiger partial charge >= 0.3 is 39.5 Å². The Balaban J connectivity index is 5.23. The number of phosphoric ester groups is 2. The summed E-state index contributed by atoms with van der Waals surface area (Å²) in [6, 6.07) is 0. The van der Waals surface area contributed by atoms with E-state index in [1.54, 1.807) is 0 Å². The summed E-state index contributed by atoms with van der Waals surface area (Å²) in [6.07, 6.45) is 47.2. The molecular formula is C74H144O17P2. The van der Waals surface area contributed by atoms with Crippen LogP contribution in [0.2, 0.25) is 0 Å². The number of aliphatic hydroxyl groups is 1. The predicted molar refractivity (Wildman–Crippen MR) is 377 cm³/mol. The second kappa shape index (κ2) is 63.5. The molecule has 0 spiro atoms. The second-order valence-corrected chi connectivity index (χ2v) is 31.0. The minimum absolute atomic E-state index is 0.102. The summed E-state index contributed by atoms with van der Waals surface area (Å²) in [4.78, 5) is 72.7. The largest absolute Gasteiger partial charge is 0.472 e. The van der Waals surface area contributed by atoms with Crippen molar-refractivity contribution in [2.75, 3.05) is 39.6 Å². The van der Waals surface area contributed by atoms with Gasteiger partial charge in [0.1, 0.15) is 19.3 Å². The van der Waals surface area contributed by atoms with Crippen molar-refractivity contribution < 1.29 is 80.2 Å². The monoisotopic (exact) mass is 1370 g/mol. The van der Waals surface area contributed by atoms with Gasteiger partial charge in [0.25, 0.3) is 0 Å². The van der Waals surface area contributed by atoms with Crippen molar-refractivity contribution in [3.8, 4) is 0 Å². The molecular weight excluding hydrogens is 1220 g/mol. The average molecular weight is 1370 g/mol. The van der Waals surface area contributed by atoms with E-state index in [-0.39, 0.29) is 25.7 Å². The first-order valence-electron chi connectivity index (χ1n) is 38.3. The van der Waals surface area contributed by atoms with Crippen molar-refractivity contribution in [2.45, 2.75) is 388 Å². The van der Waals surface area contributed by atoms with Crippen LogP contribution in [-0.2, 0) is 65.4 Å². The van der Waals surface area contributed by atoms with Gasteiger partial charge in [-0.2, -0.15) is 0 Å². The van der Waals surface area contributed by atoms with Gasteiger partial charge in [-0.25, -0.2) is 9.13 Å². The van der Waals surface area contributed by atoms with E-state index < -0.39 is 97.5 Å². The summed E-state index contributed by atoms with van der Waals surface area (Å²) in [5.41, 5.74) is 0. The highest BCUT2D eigenvalue weighted by Gasteiger charge is 2.30. The third-order valence-corrected chi connectivity index (χ3v) is 19.7. The van der Waals surface area contributed by atoms with Crippen molar-refractivity contribution in [1.82, 2.24) is 0 Å². The lowest BCUT2D eigenvalue weighted by Gasteiger charge is -2.21. The van der Waals surface area contributed by atoms with E-state index in [0.717, 1.165) is 114 Å². The number of ether oxygens (including phenoxy) is 4. The number of rotatable bonds is 71. The Kier molecular flexibility index (Phi) is 62.2. The Morgan fingerprint density at radius 2 is 0.516 bits per heavy atom. The minimum Gasteiger partial charge on any atom is -0.462 e. The summed E-state index contributed by atoms with van der Waals surface area (Å²) in [6.45, 7) is 14.2. The summed E-state index contributed by atoms with van der Waals surface area (Å²) in [5, 5.41) is 10.6. The van der Waals surface area contributed by atoms with Crippen LogP contribution in [0.25, 0.3) is 0 Å². The minimum atomic E-state index is -4.96. The van der Waals surface area contributed by atoms with E-state index in [9.17, 15) is 43.2 Å². The molecule has 0 aliphatic carbocycles.